The van der Waals surface area contributed by atoms with E-state index in [-0.39, 0.29) is 19.0 Å². The molecule has 0 spiro atoms. The summed E-state index contributed by atoms with van der Waals surface area (Å²) in [4.78, 5) is 11.4. The minimum Gasteiger partial charge on any atom is -0.462 e. The molecule has 0 saturated carbocycles. The number of hydrogen-bond donors (Lipinski definition) is 0. The van der Waals surface area contributed by atoms with Crippen molar-refractivity contribution in [1.29, 1.82) is 0 Å². The van der Waals surface area contributed by atoms with Gasteiger partial charge in [0.25, 0.3) is 0 Å². The summed E-state index contributed by atoms with van der Waals surface area (Å²) in [5, 5.41) is 0. The molecule has 3 nitrogen and oxygen atoms in total. The van der Waals surface area contributed by atoms with Crippen LogP contribution in [-0.4, -0.2) is 30.4 Å². The van der Waals surface area contributed by atoms with E-state index in [4.69, 9.17) is 21.1 Å². The lowest BCUT2D eigenvalue weighted by atomic mass is 9.97. The summed E-state index contributed by atoms with van der Waals surface area (Å²) in [6.07, 6.45) is -1.72. The third-order valence-electron chi connectivity index (χ3n) is 2.13. The van der Waals surface area contributed by atoms with Crippen LogP contribution in [0.3, 0.4) is 0 Å². The molecule has 88 valence electrons. The molecule has 1 fully saturated rings. The standard InChI is InChI=1S/C10H16ClFO3/c1-10(2,3)9(13)14-5-7-6(12)4-8(11)15-7/h6-8H,4-5H2,1-3H3/t6-,7+,8?/m0/s1. The molecule has 5 heteroatoms. The molecule has 1 aliphatic rings. The number of alkyl halides is 2. The minimum absolute atomic E-state index is 0.0690. The van der Waals surface area contributed by atoms with Crippen LogP contribution in [0.2, 0.25) is 0 Å². The molecule has 1 unspecified atom stereocenters. The van der Waals surface area contributed by atoms with Gasteiger partial charge in [-0.2, -0.15) is 0 Å². The zero-order valence-electron chi connectivity index (χ0n) is 9.13. The average molecular weight is 239 g/mol. The van der Waals surface area contributed by atoms with Crippen molar-refractivity contribution in [2.45, 2.75) is 45.0 Å². The Bertz CT molecular complexity index is 239. The second-order valence-electron chi connectivity index (χ2n) is 4.68. The third-order valence-corrected chi connectivity index (χ3v) is 2.41. The third kappa shape index (κ3) is 3.61. The molecule has 0 aromatic rings. The first kappa shape index (κ1) is 12.7. The van der Waals surface area contributed by atoms with Crippen molar-refractivity contribution in [3.63, 3.8) is 0 Å². The molecule has 0 bridgehead atoms. The summed E-state index contributed by atoms with van der Waals surface area (Å²) in [6, 6.07) is 0. The van der Waals surface area contributed by atoms with Crippen LogP contribution in [0, 0.1) is 5.41 Å². The largest absolute Gasteiger partial charge is 0.462 e. The van der Waals surface area contributed by atoms with Gasteiger partial charge in [0.2, 0.25) is 0 Å². The molecule has 0 radical (unpaired) electrons. The molecule has 1 saturated heterocycles. The van der Waals surface area contributed by atoms with Gasteiger partial charge in [-0.1, -0.05) is 11.6 Å². The highest BCUT2D eigenvalue weighted by molar-refractivity contribution is 6.19. The van der Waals surface area contributed by atoms with Crippen molar-refractivity contribution in [3.05, 3.63) is 0 Å². The Hall–Kier alpha value is -0.350. The first-order valence-electron chi connectivity index (χ1n) is 4.91. The number of carbonyl (C=O) groups is 1. The van der Waals surface area contributed by atoms with Crippen LogP contribution in [0.15, 0.2) is 0 Å². The van der Waals surface area contributed by atoms with Gasteiger partial charge in [0.15, 0.2) is 0 Å². The van der Waals surface area contributed by atoms with Crippen molar-refractivity contribution < 1.29 is 18.7 Å². The Morgan fingerprint density at radius 3 is 2.60 bits per heavy atom. The van der Waals surface area contributed by atoms with E-state index in [1.807, 2.05) is 0 Å². The summed E-state index contributed by atoms with van der Waals surface area (Å²) in [5.41, 5.74) is -1.19. The number of esters is 1. The number of carbonyl (C=O) groups excluding carboxylic acids is 1. The van der Waals surface area contributed by atoms with Crippen molar-refractivity contribution in [3.8, 4) is 0 Å². The second kappa shape index (κ2) is 4.66. The monoisotopic (exact) mass is 238 g/mol. The van der Waals surface area contributed by atoms with Gasteiger partial charge in [-0.25, -0.2) is 4.39 Å². The number of hydrogen-bond acceptors (Lipinski definition) is 3. The van der Waals surface area contributed by atoms with E-state index >= 15 is 0 Å². The quantitative estimate of drug-likeness (QED) is 0.547. The number of ether oxygens (including phenoxy) is 2. The highest BCUT2D eigenvalue weighted by Crippen LogP contribution is 2.26. The highest BCUT2D eigenvalue weighted by atomic mass is 35.5. The van der Waals surface area contributed by atoms with Gasteiger partial charge in [0.05, 0.1) is 5.41 Å². The van der Waals surface area contributed by atoms with Crippen LogP contribution in [0.5, 0.6) is 0 Å². The van der Waals surface area contributed by atoms with E-state index < -0.39 is 23.3 Å². The molecule has 0 aliphatic carbocycles. The Morgan fingerprint density at radius 1 is 1.60 bits per heavy atom. The maximum Gasteiger partial charge on any atom is 0.311 e. The van der Waals surface area contributed by atoms with Crippen molar-refractivity contribution in [2.75, 3.05) is 6.61 Å². The van der Waals surface area contributed by atoms with Crippen LogP contribution in [0.1, 0.15) is 27.2 Å². The fourth-order valence-corrected chi connectivity index (χ4v) is 1.48. The molecular weight excluding hydrogens is 223 g/mol. The van der Waals surface area contributed by atoms with Gasteiger partial charge in [-0.05, 0) is 20.8 Å². The first-order chi connectivity index (χ1) is 6.80. The fraction of sp³-hybridized carbons (Fsp3) is 0.900. The maximum atomic E-state index is 13.2. The van der Waals surface area contributed by atoms with Crippen molar-refractivity contribution >= 4 is 17.6 Å². The number of rotatable bonds is 2. The molecule has 0 aromatic carbocycles. The van der Waals surface area contributed by atoms with Gasteiger partial charge in [-0.15, -0.1) is 0 Å². The molecule has 1 aliphatic heterocycles. The molecule has 0 aromatic heterocycles. The van der Waals surface area contributed by atoms with Crippen LogP contribution in [-0.2, 0) is 14.3 Å². The van der Waals surface area contributed by atoms with E-state index in [9.17, 15) is 9.18 Å². The average Bonchev–Trinajstić information content (AvgIpc) is 2.39. The van der Waals surface area contributed by atoms with E-state index in [1.54, 1.807) is 20.8 Å². The summed E-state index contributed by atoms with van der Waals surface area (Å²) in [5.74, 6) is -0.365. The molecule has 3 atom stereocenters. The lowest BCUT2D eigenvalue weighted by molar-refractivity contribution is -0.157. The predicted octanol–water partition coefficient (Wildman–Crippen LogP) is 2.27. The fourth-order valence-electron chi connectivity index (χ4n) is 1.18. The van der Waals surface area contributed by atoms with Crippen LogP contribution in [0.4, 0.5) is 4.39 Å². The summed E-state index contributed by atoms with van der Waals surface area (Å²) in [7, 11) is 0. The maximum absolute atomic E-state index is 13.2. The Labute approximate surface area is 93.9 Å². The molecule has 15 heavy (non-hydrogen) atoms. The van der Waals surface area contributed by atoms with Crippen LogP contribution in [0.25, 0.3) is 0 Å². The van der Waals surface area contributed by atoms with E-state index in [0.29, 0.717) is 0 Å². The SMILES string of the molecule is CC(C)(C)C(=O)OC[C@H]1OC(Cl)C[C@@H]1F. The normalized spacial score (nSPS) is 31.7. The second-order valence-corrected chi connectivity index (χ2v) is 5.17. The number of halogens is 2. The zero-order chi connectivity index (χ0) is 11.6. The van der Waals surface area contributed by atoms with E-state index in [1.165, 1.54) is 0 Å². The summed E-state index contributed by atoms with van der Waals surface area (Å²) in [6.45, 7) is 5.15. The summed E-state index contributed by atoms with van der Waals surface area (Å²) < 4.78 is 23.2. The Balaban J connectivity index is 2.35. The van der Waals surface area contributed by atoms with Crippen molar-refractivity contribution in [2.24, 2.45) is 5.41 Å². The van der Waals surface area contributed by atoms with Gasteiger partial charge in [0, 0.05) is 6.42 Å². The van der Waals surface area contributed by atoms with E-state index in [2.05, 4.69) is 0 Å². The lowest BCUT2D eigenvalue weighted by Gasteiger charge is -2.19. The molecule has 0 N–H and O–H groups in total. The molecular formula is C10H16ClFO3. The summed E-state index contributed by atoms with van der Waals surface area (Å²) >= 11 is 5.60. The van der Waals surface area contributed by atoms with Crippen molar-refractivity contribution in [1.82, 2.24) is 0 Å². The Kier molecular flexibility index (Phi) is 3.95. The highest BCUT2D eigenvalue weighted by Gasteiger charge is 2.36. The molecule has 1 rings (SSSR count). The van der Waals surface area contributed by atoms with Gasteiger partial charge < -0.3 is 9.47 Å². The van der Waals surface area contributed by atoms with Gasteiger partial charge >= 0.3 is 5.97 Å². The van der Waals surface area contributed by atoms with Gasteiger partial charge in [0.1, 0.15) is 24.4 Å². The molecule has 1 heterocycles. The van der Waals surface area contributed by atoms with E-state index in [0.717, 1.165) is 0 Å². The topological polar surface area (TPSA) is 35.5 Å². The van der Waals surface area contributed by atoms with Crippen LogP contribution < -0.4 is 0 Å². The zero-order valence-corrected chi connectivity index (χ0v) is 9.88. The van der Waals surface area contributed by atoms with Gasteiger partial charge in [-0.3, -0.25) is 4.79 Å². The predicted molar refractivity (Wildman–Crippen MR) is 54.4 cm³/mol. The van der Waals surface area contributed by atoms with Crippen LogP contribution >= 0.6 is 11.6 Å². The smallest absolute Gasteiger partial charge is 0.311 e. The Morgan fingerprint density at radius 2 is 2.20 bits per heavy atom. The first-order valence-corrected chi connectivity index (χ1v) is 5.35. The lowest BCUT2D eigenvalue weighted by Crippen LogP contribution is -2.30. The molecule has 0 amide bonds. The minimum atomic E-state index is -1.15.